The van der Waals surface area contributed by atoms with Crippen molar-refractivity contribution in [3.8, 4) is 0 Å². The highest BCUT2D eigenvalue weighted by Gasteiger charge is 2.27. The van der Waals surface area contributed by atoms with E-state index in [0.29, 0.717) is 17.6 Å². The van der Waals surface area contributed by atoms with E-state index < -0.39 is 0 Å². The molecule has 0 radical (unpaired) electrons. The molecule has 1 aliphatic heterocycles. The number of hydrogen-bond donors (Lipinski definition) is 0. The van der Waals surface area contributed by atoms with Crippen LogP contribution in [0.5, 0.6) is 0 Å². The molecule has 27 heavy (non-hydrogen) atoms. The summed E-state index contributed by atoms with van der Waals surface area (Å²) in [6, 6.07) is 8.37. The fourth-order valence-electron chi connectivity index (χ4n) is 3.27. The van der Waals surface area contributed by atoms with Gasteiger partial charge < -0.3 is 9.32 Å². The van der Waals surface area contributed by atoms with Crippen LogP contribution in [0, 0.1) is 0 Å². The highest BCUT2D eigenvalue weighted by Crippen LogP contribution is 2.29. The SMILES string of the molecule is CC(C)Sc1ccc(CC(=O)N2CCC(c3nnc(C(C)C)o3)CC2)cc1. The average Bonchev–Trinajstić information content (AvgIpc) is 3.13. The Morgan fingerprint density at radius 3 is 2.37 bits per heavy atom. The molecule has 0 unspecified atom stereocenters. The van der Waals surface area contributed by atoms with E-state index in [9.17, 15) is 4.79 Å². The summed E-state index contributed by atoms with van der Waals surface area (Å²) in [7, 11) is 0. The van der Waals surface area contributed by atoms with Gasteiger partial charge in [0.05, 0.1) is 6.42 Å². The number of aromatic nitrogens is 2. The molecule has 1 saturated heterocycles. The number of likely N-dealkylation sites (tertiary alicyclic amines) is 1. The molecule has 5 nitrogen and oxygen atoms in total. The molecule has 1 fully saturated rings. The van der Waals surface area contributed by atoms with E-state index in [0.717, 1.165) is 37.4 Å². The standard InChI is InChI=1S/C21H29N3O2S/c1-14(2)20-22-23-21(26-20)17-9-11-24(12-10-17)19(25)13-16-5-7-18(8-6-16)27-15(3)4/h5-8,14-15,17H,9-13H2,1-4H3. The van der Waals surface area contributed by atoms with Crippen molar-refractivity contribution < 1.29 is 9.21 Å². The maximum Gasteiger partial charge on any atom is 0.226 e. The third-order valence-electron chi connectivity index (χ3n) is 4.80. The third kappa shape index (κ3) is 5.34. The van der Waals surface area contributed by atoms with Gasteiger partial charge in [0.2, 0.25) is 17.7 Å². The first kappa shape index (κ1) is 19.9. The van der Waals surface area contributed by atoms with E-state index in [-0.39, 0.29) is 17.7 Å². The van der Waals surface area contributed by atoms with E-state index in [4.69, 9.17) is 4.42 Å². The summed E-state index contributed by atoms with van der Waals surface area (Å²) in [5.41, 5.74) is 1.08. The van der Waals surface area contributed by atoms with Crippen molar-refractivity contribution in [2.45, 2.75) is 68.9 Å². The van der Waals surface area contributed by atoms with Crippen LogP contribution in [0.15, 0.2) is 33.6 Å². The van der Waals surface area contributed by atoms with Crippen molar-refractivity contribution in [3.05, 3.63) is 41.6 Å². The van der Waals surface area contributed by atoms with Gasteiger partial charge in [-0.3, -0.25) is 4.79 Å². The summed E-state index contributed by atoms with van der Waals surface area (Å²) in [4.78, 5) is 15.9. The first-order chi connectivity index (χ1) is 12.9. The highest BCUT2D eigenvalue weighted by atomic mass is 32.2. The van der Waals surface area contributed by atoms with Crippen molar-refractivity contribution in [1.29, 1.82) is 0 Å². The van der Waals surface area contributed by atoms with Crippen LogP contribution in [0.2, 0.25) is 0 Å². The van der Waals surface area contributed by atoms with Crippen molar-refractivity contribution in [3.63, 3.8) is 0 Å². The number of carbonyl (C=O) groups is 1. The number of piperidine rings is 1. The lowest BCUT2D eigenvalue weighted by molar-refractivity contribution is -0.131. The Kier molecular flexibility index (Phi) is 6.58. The second kappa shape index (κ2) is 8.91. The van der Waals surface area contributed by atoms with Gasteiger partial charge in [-0.1, -0.05) is 39.8 Å². The molecule has 1 amide bonds. The Morgan fingerprint density at radius 1 is 1.15 bits per heavy atom. The molecule has 0 saturated carbocycles. The molecule has 0 atom stereocenters. The number of rotatable bonds is 6. The second-order valence-electron chi connectivity index (χ2n) is 7.78. The summed E-state index contributed by atoms with van der Waals surface area (Å²) in [5, 5.41) is 8.90. The first-order valence-corrected chi connectivity index (χ1v) is 10.7. The topological polar surface area (TPSA) is 59.2 Å². The molecule has 3 rings (SSSR count). The molecular weight excluding hydrogens is 358 g/mol. The number of hydrogen-bond acceptors (Lipinski definition) is 5. The van der Waals surface area contributed by atoms with Crippen LogP contribution in [0.25, 0.3) is 0 Å². The number of thioether (sulfide) groups is 1. The van der Waals surface area contributed by atoms with E-state index in [1.165, 1.54) is 4.90 Å². The predicted octanol–water partition coefficient (Wildman–Crippen LogP) is 4.64. The molecule has 2 aromatic rings. The Bertz CT molecular complexity index is 747. The van der Waals surface area contributed by atoms with Crippen LogP contribution < -0.4 is 0 Å². The summed E-state index contributed by atoms with van der Waals surface area (Å²) in [6.45, 7) is 9.97. The maximum absolute atomic E-state index is 12.6. The first-order valence-electron chi connectivity index (χ1n) is 9.79. The van der Waals surface area contributed by atoms with Crippen LogP contribution in [0.3, 0.4) is 0 Å². The van der Waals surface area contributed by atoms with E-state index in [1.54, 1.807) is 0 Å². The van der Waals surface area contributed by atoms with Crippen LogP contribution in [-0.2, 0) is 11.2 Å². The van der Waals surface area contributed by atoms with Gasteiger partial charge in [-0.15, -0.1) is 22.0 Å². The van der Waals surface area contributed by atoms with Gasteiger partial charge in [0.1, 0.15) is 0 Å². The zero-order valence-electron chi connectivity index (χ0n) is 16.6. The molecule has 0 aliphatic carbocycles. The highest BCUT2D eigenvalue weighted by molar-refractivity contribution is 7.99. The van der Waals surface area contributed by atoms with E-state index >= 15 is 0 Å². The van der Waals surface area contributed by atoms with Gasteiger partial charge >= 0.3 is 0 Å². The third-order valence-corrected chi connectivity index (χ3v) is 5.81. The molecule has 1 aliphatic rings. The van der Waals surface area contributed by atoms with E-state index in [2.05, 4.69) is 48.3 Å². The van der Waals surface area contributed by atoms with Crippen molar-refractivity contribution >= 4 is 17.7 Å². The lowest BCUT2D eigenvalue weighted by Crippen LogP contribution is -2.38. The normalized spacial score (nSPS) is 15.7. The molecule has 1 aromatic carbocycles. The Morgan fingerprint density at radius 2 is 1.81 bits per heavy atom. The lowest BCUT2D eigenvalue weighted by atomic mass is 9.96. The summed E-state index contributed by atoms with van der Waals surface area (Å²) in [6.07, 6.45) is 2.24. The number of carbonyl (C=O) groups excluding carboxylic acids is 1. The van der Waals surface area contributed by atoms with E-state index in [1.807, 2.05) is 30.5 Å². The molecule has 0 N–H and O–H groups in total. The zero-order valence-corrected chi connectivity index (χ0v) is 17.5. The number of benzene rings is 1. The quantitative estimate of drug-likeness (QED) is 0.676. The monoisotopic (exact) mass is 387 g/mol. The maximum atomic E-state index is 12.6. The molecule has 1 aromatic heterocycles. The number of nitrogens with zero attached hydrogens (tertiary/aromatic N) is 3. The summed E-state index contributed by atoms with van der Waals surface area (Å²) in [5.74, 6) is 2.14. The molecule has 2 heterocycles. The van der Waals surface area contributed by atoms with Crippen molar-refractivity contribution in [2.24, 2.45) is 0 Å². The van der Waals surface area contributed by atoms with Gasteiger partial charge in [0.15, 0.2) is 0 Å². The van der Waals surface area contributed by atoms with Crippen molar-refractivity contribution in [1.82, 2.24) is 15.1 Å². The summed E-state index contributed by atoms with van der Waals surface area (Å²) >= 11 is 1.84. The minimum Gasteiger partial charge on any atom is -0.425 e. The smallest absolute Gasteiger partial charge is 0.226 e. The summed E-state index contributed by atoms with van der Waals surface area (Å²) < 4.78 is 5.79. The fraction of sp³-hybridized carbons (Fsp3) is 0.571. The Hall–Kier alpha value is -1.82. The Balaban J connectivity index is 1.50. The van der Waals surface area contributed by atoms with Crippen LogP contribution in [0.1, 0.15) is 69.7 Å². The average molecular weight is 388 g/mol. The fourth-order valence-corrected chi connectivity index (χ4v) is 4.10. The predicted molar refractivity (Wildman–Crippen MR) is 108 cm³/mol. The lowest BCUT2D eigenvalue weighted by Gasteiger charge is -2.30. The van der Waals surface area contributed by atoms with Crippen LogP contribution >= 0.6 is 11.8 Å². The second-order valence-corrected chi connectivity index (χ2v) is 9.43. The molecule has 146 valence electrons. The van der Waals surface area contributed by atoms with Gasteiger partial charge in [0, 0.05) is 35.1 Å². The van der Waals surface area contributed by atoms with Gasteiger partial charge in [-0.05, 0) is 30.5 Å². The van der Waals surface area contributed by atoms with Crippen LogP contribution in [0.4, 0.5) is 0 Å². The Labute approximate surface area is 165 Å². The molecule has 0 bridgehead atoms. The zero-order chi connectivity index (χ0) is 19.4. The largest absolute Gasteiger partial charge is 0.425 e. The van der Waals surface area contributed by atoms with Gasteiger partial charge in [-0.2, -0.15) is 0 Å². The molecular formula is C21H29N3O2S. The molecule has 0 spiro atoms. The number of amides is 1. The molecule has 6 heteroatoms. The van der Waals surface area contributed by atoms with Crippen molar-refractivity contribution in [2.75, 3.05) is 13.1 Å². The minimum atomic E-state index is 0.200. The van der Waals surface area contributed by atoms with Gasteiger partial charge in [0.25, 0.3) is 0 Å². The van der Waals surface area contributed by atoms with Gasteiger partial charge in [-0.25, -0.2) is 0 Å². The minimum absolute atomic E-state index is 0.200. The van der Waals surface area contributed by atoms with Crippen LogP contribution in [-0.4, -0.2) is 39.3 Å².